The minimum absolute atomic E-state index is 0.712. The van der Waals surface area contributed by atoms with E-state index in [1.807, 2.05) is 10.8 Å². The van der Waals surface area contributed by atoms with E-state index < -0.39 is 0 Å². The molecule has 1 heterocycles. The van der Waals surface area contributed by atoms with Crippen LogP contribution in [0.2, 0.25) is 0 Å². The Hall–Kier alpha value is 0.270. The second-order valence-corrected chi connectivity index (χ2v) is 1.93. The molecular formula is C4H8NOS. The maximum Gasteiger partial charge on any atom is 0.0648 e. The molecule has 1 aliphatic heterocycles. The van der Waals surface area contributed by atoms with Crippen LogP contribution >= 0.6 is 12.8 Å². The summed E-state index contributed by atoms with van der Waals surface area (Å²) in [5, 5.41) is 0. The van der Waals surface area contributed by atoms with Crippen LogP contribution in [0.1, 0.15) is 0 Å². The number of rotatable bonds is 0. The van der Waals surface area contributed by atoms with E-state index in [4.69, 9.17) is 4.74 Å². The standard InChI is InChI=1S/C4H8NOS/c7-5-1-3-6-4-2-5/h1,7H,2-4H2. The predicted molar refractivity (Wildman–Crippen MR) is 30.8 cm³/mol. The van der Waals surface area contributed by atoms with Gasteiger partial charge in [-0.15, -0.1) is 0 Å². The van der Waals surface area contributed by atoms with Crippen molar-refractivity contribution in [3.63, 3.8) is 0 Å². The maximum atomic E-state index is 4.99. The summed E-state index contributed by atoms with van der Waals surface area (Å²) < 4.78 is 6.83. The van der Waals surface area contributed by atoms with Gasteiger partial charge in [0, 0.05) is 6.54 Å². The van der Waals surface area contributed by atoms with Gasteiger partial charge in [-0.05, 0) is 0 Å². The first kappa shape index (κ1) is 5.41. The molecule has 1 rings (SSSR count). The monoisotopic (exact) mass is 118 g/mol. The number of ether oxygens (including phenoxy) is 1. The van der Waals surface area contributed by atoms with Gasteiger partial charge in [-0.1, -0.05) is 12.8 Å². The second kappa shape index (κ2) is 2.55. The third-order valence-electron chi connectivity index (χ3n) is 0.868. The zero-order chi connectivity index (χ0) is 5.11. The quantitative estimate of drug-likeness (QED) is 0.460. The van der Waals surface area contributed by atoms with Crippen molar-refractivity contribution < 1.29 is 4.74 Å². The van der Waals surface area contributed by atoms with Crippen LogP contribution in [0.4, 0.5) is 0 Å². The van der Waals surface area contributed by atoms with Crippen LogP contribution in [0.25, 0.3) is 0 Å². The number of hydrogen-bond acceptors (Lipinski definition) is 3. The molecule has 0 N–H and O–H groups in total. The largest absolute Gasteiger partial charge is 0.378 e. The van der Waals surface area contributed by atoms with E-state index in [1.54, 1.807) is 0 Å². The van der Waals surface area contributed by atoms with Gasteiger partial charge in [0.2, 0.25) is 0 Å². The number of hydrogen-bond donors (Lipinski definition) is 1. The van der Waals surface area contributed by atoms with E-state index in [9.17, 15) is 0 Å². The molecule has 3 heteroatoms. The van der Waals surface area contributed by atoms with E-state index in [-0.39, 0.29) is 0 Å². The highest BCUT2D eigenvalue weighted by molar-refractivity contribution is 7.77. The second-order valence-electron chi connectivity index (χ2n) is 1.42. The molecule has 0 saturated carbocycles. The fourth-order valence-electron chi connectivity index (χ4n) is 0.471. The fourth-order valence-corrected chi connectivity index (χ4v) is 0.620. The zero-order valence-electron chi connectivity index (χ0n) is 4.00. The summed E-state index contributed by atoms with van der Waals surface area (Å²) in [6.07, 6.45) is 0. The van der Waals surface area contributed by atoms with Gasteiger partial charge in [0.1, 0.15) is 0 Å². The van der Waals surface area contributed by atoms with E-state index in [2.05, 4.69) is 12.8 Å². The third kappa shape index (κ3) is 1.67. The lowest BCUT2D eigenvalue weighted by Crippen LogP contribution is -2.24. The van der Waals surface area contributed by atoms with E-state index in [1.165, 1.54) is 0 Å². The lowest BCUT2D eigenvalue weighted by Gasteiger charge is -2.19. The van der Waals surface area contributed by atoms with Crippen molar-refractivity contribution in [2.45, 2.75) is 0 Å². The molecule has 7 heavy (non-hydrogen) atoms. The summed E-state index contributed by atoms with van der Waals surface area (Å²) >= 11 is 4.06. The summed E-state index contributed by atoms with van der Waals surface area (Å²) in [5.74, 6) is 0. The molecule has 0 aromatic heterocycles. The molecule has 0 spiro atoms. The minimum Gasteiger partial charge on any atom is -0.378 e. The highest BCUT2D eigenvalue weighted by Crippen LogP contribution is 2.01. The molecule has 1 saturated heterocycles. The van der Waals surface area contributed by atoms with Crippen molar-refractivity contribution >= 4 is 12.8 Å². The number of thiol groups is 1. The topological polar surface area (TPSA) is 12.5 Å². The summed E-state index contributed by atoms with van der Waals surface area (Å²) in [6.45, 7) is 4.33. The Morgan fingerprint density at radius 3 is 2.86 bits per heavy atom. The first-order chi connectivity index (χ1) is 3.39. The van der Waals surface area contributed by atoms with Crippen molar-refractivity contribution in [2.75, 3.05) is 19.8 Å². The van der Waals surface area contributed by atoms with Crippen molar-refractivity contribution in [3.05, 3.63) is 6.54 Å². The van der Waals surface area contributed by atoms with E-state index >= 15 is 0 Å². The van der Waals surface area contributed by atoms with E-state index in [0.29, 0.717) is 6.61 Å². The first-order valence-electron chi connectivity index (χ1n) is 2.26. The Labute approximate surface area is 49.0 Å². The van der Waals surface area contributed by atoms with Crippen LogP contribution in [0.3, 0.4) is 0 Å². The van der Waals surface area contributed by atoms with Gasteiger partial charge in [0.15, 0.2) is 0 Å². The molecule has 0 aliphatic carbocycles. The molecule has 41 valence electrons. The smallest absolute Gasteiger partial charge is 0.0648 e. The van der Waals surface area contributed by atoms with Crippen LogP contribution in [-0.4, -0.2) is 24.1 Å². The average Bonchev–Trinajstić information content (AvgIpc) is 1.69. The molecule has 0 bridgehead atoms. The zero-order valence-corrected chi connectivity index (χ0v) is 4.90. The van der Waals surface area contributed by atoms with Crippen molar-refractivity contribution in [3.8, 4) is 0 Å². The first-order valence-corrected chi connectivity index (χ1v) is 2.66. The summed E-state index contributed by atoms with van der Waals surface area (Å²) in [6, 6.07) is 0. The number of morpholine rings is 1. The molecule has 1 fully saturated rings. The van der Waals surface area contributed by atoms with E-state index in [0.717, 1.165) is 13.2 Å². The SMILES string of the molecule is SN1[CH]COCC1. The Bertz CT molecular complexity index is 53.7. The average molecular weight is 118 g/mol. The highest BCUT2D eigenvalue weighted by atomic mass is 32.1. The molecule has 0 unspecified atom stereocenters. The van der Waals surface area contributed by atoms with Crippen LogP contribution in [0.5, 0.6) is 0 Å². The molecule has 0 aromatic carbocycles. The van der Waals surface area contributed by atoms with Gasteiger partial charge < -0.3 is 4.74 Å². The summed E-state index contributed by atoms with van der Waals surface area (Å²) in [7, 11) is 0. The lowest BCUT2D eigenvalue weighted by atomic mass is 10.5. The molecule has 0 aromatic rings. The van der Waals surface area contributed by atoms with Crippen LogP contribution in [-0.2, 0) is 4.74 Å². The minimum atomic E-state index is 0.712. The third-order valence-corrected chi connectivity index (χ3v) is 1.23. The predicted octanol–water partition coefficient (Wildman–Crippen LogP) is 0.325. The van der Waals surface area contributed by atoms with Crippen LogP contribution in [0, 0.1) is 6.54 Å². The molecule has 2 nitrogen and oxygen atoms in total. The Kier molecular flexibility index (Phi) is 1.97. The van der Waals surface area contributed by atoms with Gasteiger partial charge in [-0.2, -0.15) is 0 Å². The Balaban J connectivity index is 2.12. The van der Waals surface area contributed by atoms with Crippen LogP contribution < -0.4 is 0 Å². The van der Waals surface area contributed by atoms with Crippen LogP contribution in [0.15, 0.2) is 0 Å². The molecule has 0 atom stereocenters. The van der Waals surface area contributed by atoms with Gasteiger partial charge in [-0.3, -0.25) is 0 Å². The normalized spacial score (nSPS) is 25.3. The Morgan fingerprint density at radius 1 is 1.71 bits per heavy atom. The van der Waals surface area contributed by atoms with Crippen molar-refractivity contribution in [1.82, 2.24) is 4.31 Å². The molecule has 1 radical (unpaired) electrons. The fraction of sp³-hybridized carbons (Fsp3) is 0.750. The Morgan fingerprint density at radius 2 is 2.57 bits per heavy atom. The van der Waals surface area contributed by atoms with Gasteiger partial charge in [0.05, 0.1) is 19.8 Å². The highest BCUT2D eigenvalue weighted by Gasteiger charge is 2.04. The lowest BCUT2D eigenvalue weighted by molar-refractivity contribution is 0.103. The molecule has 1 aliphatic rings. The van der Waals surface area contributed by atoms with Gasteiger partial charge in [-0.25, -0.2) is 4.31 Å². The van der Waals surface area contributed by atoms with Crippen molar-refractivity contribution in [2.24, 2.45) is 0 Å². The summed E-state index contributed by atoms with van der Waals surface area (Å²) in [5.41, 5.74) is 0. The van der Waals surface area contributed by atoms with Crippen molar-refractivity contribution in [1.29, 1.82) is 0 Å². The van der Waals surface area contributed by atoms with Gasteiger partial charge in [0.25, 0.3) is 0 Å². The molecular weight excluding hydrogens is 110 g/mol. The summed E-state index contributed by atoms with van der Waals surface area (Å²) in [4.78, 5) is 0. The maximum absolute atomic E-state index is 4.99. The molecule has 0 amide bonds. The van der Waals surface area contributed by atoms with Gasteiger partial charge >= 0.3 is 0 Å². The number of nitrogens with zero attached hydrogens (tertiary/aromatic N) is 1.